The second-order valence-corrected chi connectivity index (χ2v) is 5.10. The molecule has 0 bridgehead atoms. The zero-order valence-corrected chi connectivity index (χ0v) is 10.2. The minimum atomic E-state index is -0.00523. The number of alkyl halides is 1. The molecule has 0 saturated heterocycles. The fraction of sp³-hybridized carbons (Fsp3) is 0.900. The van der Waals surface area contributed by atoms with E-state index in [4.69, 9.17) is 4.74 Å². The Kier molecular flexibility index (Phi) is 5.06. The van der Waals surface area contributed by atoms with Crippen molar-refractivity contribution in [2.45, 2.75) is 55.5 Å². The average Bonchev–Trinajstić information content (AvgIpc) is 2.57. The summed E-state index contributed by atoms with van der Waals surface area (Å²) in [6.07, 6.45) is 6.79. The van der Waals surface area contributed by atoms with E-state index < -0.39 is 0 Å². The molecule has 2 nitrogen and oxygen atoms in total. The Morgan fingerprint density at radius 3 is 2.69 bits per heavy atom. The van der Waals surface area contributed by atoms with Crippen LogP contribution in [0.25, 0.3) is 0 Å². The van der Waals surface area contributed by atoms with Crippen molar-refractivity contribution in [3.63, 3.8) is 0 Å². The van der Waals surface area contributed by atoms with E-state index in [1.807, 2.05) is 0 Å². The molecule has 1 aliphatic carbocycles. The number of hydrogen-bond donors (Lipinski definition) is 0. The van der Waals surface area contributed by atoms with Crippen LogP contribution in [0.4, 0.5) is 0 Å². The van der Waals surface area contributed by atoms with Crippen molar-refractivity contribution in [2.24, 2.45) is 0 Å². The van der Waals surface area contributed by atoms with Gasteiger partial charge in [-0.15, -0.1) is 0 Å². The summed E-state index contributed by atoms with van der Waals surface area (Å²) < 4.78 is 5.44. The lowest BCUT2D eigenvalue weighted by atomic mass is 10.2. The molecule has 13 heavy (non-hydrogen) atoms. The van der Waals surface area contributed by atoms with Crippen LogP contribution >= 0.6 is 22.6 Å². The number of carbonyl (C=O) groups is 1. The normalized spacial score (nSPS) is 20.2. The second kappa shape index (κ2) is 5.83. The highest BCUT2D eigenvalue weighted by Gasteiger charge is 2.22. The number of ether oxygens (including phenoxy) is 1. The lowest BCUT2D eigenvalue weighted by Gasteiger charge is -2.14. The number of carbonyl (C=O) groups excluding carboxylic acids is 1. The Morgan fingerprint density at radius 2 is 2.15 bits per heavy atom. The quantitative estimate of drug-likeness (QED) is 0.453. The molecule has 0 aromatic heterocycles. The SMILES string of the molecule is CCCC(I)C(=O)OC1CCCC1. The van der Waals surface area contributed by atoms with E-state index in [-0.39, 0.29) is 16.0 Å². The first-order chi connectivity index (χ1) is 6.24. The Balaban J connectivity index is 2.22. The number of rotatable bonds is 4. The number of hydrogen-bond acceptors (Lipinski definition) is 2. The largest absolute Gasteiger partial charge is 0.462 e. The molecule has 1 saturated carbocycles. The van der Waals surface area contributed by atoms with Crippen LogP contribution in [-0.4, -0.2) is 16.0 Å². The van der Waals surface area contributed by atoms with E-state index in [1.54, 1.807) is 0 Å². The molecule has 76 valence electrons. The molecule has 0 aromatic rings. The zero-order chi connectivity index (χ0) is 9.68. The second-order valence-electron chi connectivity index (χ2n) is 3.60. The summed E-state index contributed by atoms with van der Waals surface area (Å²) in [7, 11) is 0. The van der Waals surface area contributed by atoms with Crippen molar-refractivity contribution in [2.75, 3.05) is 0 Å². The molecule has 0 heterocycles. The Labute approximate surface area is 93.6 Å². The molecule has 1 aliphatic rings. The summed E-state index contributed by atoms with van der Waals surface area (Å²) in [6.45, 7) is 2.09. The van der Waals surface area contributed by atoms with Gasteiger partial charge in [0.2, 0.25) is 0 Å². The van der Waals surface area contributed by atoms with Gasteiger partial charge in [-0.3, -0.25) is 4.79 Å². The van der Waals surface area contributed by atoms with Crippen molar-refractivity contribution < 1.29 is 9.53 Å². The van der Waals surface area contributed by atoms with Gasteiger partial charge in [-0.25, -0.2) is 0 Å². The minimum absolute atomic E-state index is 0.00523. The standard InChI is InChI=1S/C10H17IO2/c1-2-5-9(11)10(12)13-8-6-3-4-7-8/h8-9H,2-7H2,1H3. The predicted octanol–water partition coefficient (Wildman–Crippen LogP) is 3.08. The lowest BCUT2D eigenvalue weighted by molar-refractivity contribution is -0.147. The maximum absolute atomic E-state index is 11.5. The summed E-state index contributed by atoms with van der Waals surface area (Å²) in [4.78, 5) is 11.5. The summed E-state index contributed by atoms with van der Waals surface area (Å²) in [5, 5.41) is 0. The first-order valence-electron chi connectivity index (χ1n) is 5.08. The molecule has 1 unspecified atom stereocenters. The van der Waals surface area contributed by atoms with Gasteiger partial charge in [0, 0.05) is 0 Å². The fourth-order valence-corrected chi connectivity index (χ4v) is 2.39. The molecule has 0 spiro atoms. The third-order valence-corrected chi connectivity index (χ3v) is 3.51. The highest BCUT2D eigenvalue weighted by molar-refractivity contribution is 14.1. The first-order valence-corrected chi connectivity index (χ1v) is 6.33. The van der Waals surface area contributed by atoms with Crippen LogP contribution in [0, 0.1) is 0 Å². The molecule has 0 radical (unpaired) electrons. The van der Waals surface area contributed by atoms with Gasteiger partial charge >= 0.3 is 5.97 Å². The van der Waals surface area contributed by atoms with Crippen LogP contribution in [0.15, 0.2) is 0 Å². The molecule has 3 heteroatoms. The van der Waals surface area contributed by atoms with Crippen LogP contribution in [0.3, 0.4) is 0 Å². The monoisotopic (exact) mass is 296 g/mol. The maximum atomic E-state index is 11.5. The van der Waals surface area contributed by atoms with Gasteiger partial charge in [-0.05, 0) is 32.1 Å². The summed E-state index contributed by atoms with van der Waals surface area (Å²) in [5.74, 6) is -0.00523. The van der Waals surface area contributed by atoms with Crippen LogP contribution in [-0.2, 0) is 9.53 Å². The molecular formula is C10H17IO2. The van der Waals surface area contributed by atoms with Crippen molar-refractivity contribution in [1.82, 2.24) is 0 Å². The molecule has 1 atom stereocenters. The van der Waals surface area contributed by atoms with Crippen LogP contribution < -0.4 is 0 Å². The van der Waals surface area contributed by atoms with E-state index in [9.17, 15) is 4.79 Å². The lowest BCUT2D eigenvalue weighted by Crippen LogP contribution is -2.22. The van der Waals surface area contributed by atoms with Gasteiger partial charge in [0.1, 0.15) is 10.0 Å². The molecule has 1 rings (SSSR count). The smallest absolute Gasteiger partial charge is 0.319 e. The van der Waals surface area contributed by atoms with E-state index in [0.717, 1.165) is 25.7 Å². The van der Waals surface area contributed by atoms with E-state index in [1.165, 1.54) is 12.8 Å². The highest BCUT2D eigenvalue weighted by atomic mass is 127. The summed E-state index contributed by atoms with van der Waals surface area (Å²) in [5.41, 5.74) is 0. The molecule has 0 amide bonds. The van der Waals surface area contributed by atoms with Gasteiger partial charge in [-0.1, -0.05) is 35.9 Å². The topological polar surface area (TPSA) is 26.3 Å². The summed E-state index contributed by atoms with van der Waals surface area (Å²) >= 11 is 2.18. The van der Waals surface area contributed by atoms with Crippen LogP contribution in [0.2, 0.25) is 0 Å². The van der Waals surface area contributed by atoms with Crippen molar-refractivity contribution in [3.8, 4) is 0 Å². The zero-order valence-electron chi connectivity index (χ0n) is 8.09. The molecule has 0 N–H and O–H groups in total. The average molecular weight is 296 g/mol. The minimum Gasteiger partial charge on any atom is -0.462 e. The maximum Gasteiger partial charge on any atom is 0.319 e. The predicted molar refractivity (Wildman–Crippen MR) is 61.1 cm³/mol. The third kappa shape index (κ3) is 3.83. The van der Waals surface area contributed by atoms with E-state index >= 15 is 0 Å². The highest BCUT2D eigenvalue weighted by Crippen LogP contribution is 2.22. The Morgan fingerprint density at radius 1 is 1.54 bits per heavy atom. The van der Waals surface area contributed by atoms with Gasteiger partial charge in [0.15, 0.2) is 0 Å². The molecule has 0 aromatic carbocycles. The van der Waals surface area contributed by atoms with Gasteiger partial charge in [0.25, 0.3) is 0 Å². The molecular weight excluding hydrogens is 279 g/mol. The Hall–Kier alpha value is 0.200. The fourth-order valence-electron chi connectivity index (χ4n) is 1.62. The number of esters is 1. The Bertz CT molecular complexity index is 164. The van der Waals surface area contributed by atoms with Crippen LogP contribution in [0.1, 0.15) is 45.4 Å². The van der Waals surface area contributed by atoms with Gasteiger partial charge < -0.3 is 4.74 Å². The van der Waals surface area contributed by atoms with E-state index in [0.29, 0.717) is 0 Å². The van der Waals surface area contributed by atoms with Crippen molar-refractivity contribution in [1.29, 1.82) is 0 Å². The van der Waals surface area contributed by atoms with E-state index in [2.05, 4.69) is 29.5 Å². The first kappa shape index (κ1) is 11.3. The van der Waals surface area contributed by atoms with Crippen LogP contribution in [0.5, 0.6) is 0 Å². The number of halogens is 1. The van der Waals surface area contributed by atoms with Gasteiger partial charge in [0.05, 0.1) is 0 Å². The summed E-state index contributed by atoms with van der Waals surface area (Å²) in [6, 6.07) is 0. The van der Waals surface area contributed by atoms with Gasteiger partial charge in [-0.2, -0.15) is 0 Å². The third-order valence-electron chi connectivity index (χ3n) is 2.38. The molecule has 1 fully saturated rings. The van der Waals surface area contributed by atoms with Crippen molar-refractivity contribution >= 4 is 28.6 Å². The van der Waals surface area contributed by atoms with Crippen molar-refractivity contribution in [3.05, 3.63) is 0 Å². The molecule has 0 aliphatic heterocycles.